The Balaban J connectivity index is 2.35. The van der Waals surface area contributed by atoms with E-state index in [9.17, 15) is 4.39 Å². The fourth-order valence-electron chi connectivity index (χ4n) is 2.54. The van der Waals surface area contributed by atoms with Crippen LogP contribution in [0.1, 0.15) is 45.6 Å². The van der Waals surface area contributed by atoms with Crippen molar-refractivity contribution in [3.05, 3.63) is 35.6 Å². The second-order valence-corrected chi connectivity index (χ2v) is 7.90. The summed E-state index contributed by atoms with van der Waals surface area (Å²) in [5.41, 5.74) is 1.06. The van der Waals surface area contributed by atoms with Gasteiger partial charge < -0.3 is 13.3 Å². The molecule has 22 heavy (non-hydrogen) atoms. The van der Waals surface area contributed by atoms with Crippen LogP contribution in [0.15, 0.2) is 24.3 Å². The molecule has 0 aromatic heterocycles. The minimum absolute atomic E-state index is 0.159. The number of hydrogen-bond acceptors (Lipinski definition) is 3. The van der Waals surface area contributed by atoms with Gasteiger partial charge in [-0.25, -0.2) is 4.39 Å². The molecule has 3 nitrogen and oxygen atoms in total. The van der Waals surface area contributed by atoms with Gasteiger partial charge in [-0.05, 0) is 57.7 Å². The molecule has 0 aliphatic rings. The van der Waals surface area contributed by atoms with Gasteiger partial charge in [0.05, 0.1) is 0 Å². The van der Waals surface area contributed by atoms with Crippen LogP contribution >= 0.6 is 0 Å². The molecule has 1 aromatic rings. The van der Waals surface area contributed by atoms with E-state index in [2.05, 4.69) is 0 Å². The van der Waals surface area contributed by atoms with Gasteiger partial charge in [0.15, 0.2) is 0 Å². The van der Waals surface area contributed by atoms with Gasteiger partial charge in [-0.15, -0.1) is 0 Å². The quantitative estimate of drug-likeness (QED) is 0.415. The summed E-state index contributed by atoms with van der Waals surface area (Å²) in [5.74, 6) is -0.159. The fourth-order valence-corrected chi connectivity index (χ4v) is 5.23. The highest BCUT2D eigenvalue weighted by Gasteiger charge is 2.39. The van der Waals surface area contributed by atoms with Crippen LogP contribution in [-0.2, 0) is 19.7 Å². The molecule has 0 saturated carbocycles. The highest BCUT2D eigenvalue weighted by atomic mass is 28.4. The Kier molecular flexibility index (Phi) is 9.55. The standard InChI is InChI=1S/C17H29FO3Si/c1-4-19-22(20-5-2,21-6-3)14-9-7-8-11-16-12-10-13-17(18)15-16/h10,12-13,15H,4-9,11,14H2,1-3H3. The Labute approximate surface area is 135 Å². The van der Waals surface area contributed by atoms with Gasteiger partial charge in [0.2, 0.25) is 0 Å². The lowest BCUT2D eigenvalue weighted by Crippen LogP contribution is -2.45. The maximum atomic E-state index is 13.1. The monoisotopic (exact) mass is 328 g/mol. The summed E-state index contributed by atoms with van der Waals surface area (Å²) in [6.07, 6.45) is 4.03. The molecule has 5 heteroatoms. The van der Waals surface area contributed by atoms with E-state index in [0.29, 0.717) is 19.8 Å². The molecule has 0 atom stereocenters. The van der Waals surface area contributed by atoms with Crippen LogP contribution in [0.25, 0.3) is 0 Å². The van der Waals surface area contributed by atoms with E-state index in [1.807, 2.05) is 26.8 Å². The van der Waals surface area contributed by atoms with Crippen molar-refractivity contribution in [1.29, 1.82) is 0 Å². The molecule has 1 rings (SSSR count). The molecule has 0 heterocycles. The second-order valence-electron chi connectivity index (χ2n) is 5.17. The maximum Gasteiger partial charge on any atom is 0.500 e. The normalized spacial score (nSPS) is 11.8. The van der Waals surface area contributed by atoms with Gasteiger partial charge in [-0.2, -0.15) is 0 Å². The van der Waals surface area contributed by atoms with Crippen LogP contribution in [0.4, 0.5) is 4.39 Å². The Morgan fingerprint density at radius 3 is 2.09 bits per heavy atom. The number of rotatable bonds is 12. The second kappa shape index (κ2) is 10.9. The number of aryl methyl sites for hydroxylation is 1. The first-order valence-corrected chi connectivity index (χ1v) is 10.2. The Morgan fingerprint density at radius 1 is 0.909 bits per heavy atom. The van der Waals surface area contributed by atoms with Crippen molar-refractivity contribution < 1.29 is 17.7 Å². The minimum Gasteiger partial charge on any atom is -0.374 e. The number of halogens is 1. The van der Waals surface area contributed by atoms with Crippen LogP contribution in [0, 0.1) is 5.82 Å². The summed E-state index contributed by atoms with van der Waals surface area (Å²) in [6.45, 7) is 7.79. The fraction of sp³-hybridized carbons (Fsp3) is 0.647. The maximum absolute atomic E-state index is 13.1. The minimum atomic E-state index is -2.49. The molecule has 0 N–H and O–H groups in total. The first-order chi connectivity index (χ1) is 10.7. The predicted molar refractivity (Wildman–Crippen MR) is 89.4 cm³/mol. The van der Waals surface area contributed by atoms with Crippen LogP contribution in [0.3, 0.4) is 0 Å². The Morgan fingerprint density at radius 2 is 1.55 bits per heavy atom. The number of unbranched alkanes of at least 4 members (excludes halogenated alkanes) is 2. The van der Waals surface area contributed by atoms with Gasteiger partial charge in [0.1, 0.15) is 5.82 Å². The SMILES string of the molecule is CCO[Si](CCCCCc1cccc(F)c1)(OCC)OCC. The molecule has 0 unspecified atom stereocenters. The largest absolute Gasteiger partial charge is 0.500 e. The lowest BCUT2D eigenvalue weighted by atomic mass is 10.1. The van der Waals surface area contributed by atoms with Gasteiger partial charge in [-0.1, -0.05) is 18.6 Å². The molecule has 0 spiro atoms. The van der Waals surface area contributed by atoms with Crippen molar-refractivity contribution >= 4 is 8.80 Å². The summed E-state index contributed by atoms with van der Waals surface area (Å²) in [4.78, 5) is 0. The highest BCUT2D eigenvalue weighted by molar-refractivity contribution is 6.60. The molecular weight excluding hydrogens is 299 g/mol. The van der Waals surface area contributed by atoms with E-state index in [1.54, 1.807) is 12.1 Å². The zero-order chi connectivity index (χ0) is 16.3. The van der Waals surface area contributed by atoms with Crippen molar-refractivity contribution in [1.82, 2.24) is 0 Å². The average molecular weight is 329 g/mol. The van der Waals surface area contributed by atoms with Crippen LogP contribution < -0.4 is 0 Å². The van der Waals surface area contributed by atoms with Crippen LogP contribution in [0.2, 0.25) is 6.04 Å². The molecule has 126 valence electrons. The Bertz CT molecular complexity index is 398. The number of benzene rings is 1. The molecular formula is C17H29FO3Si. The van der Waals surface area contributed by atoms with Crippen molar-refractivity contribution in [2.24, 2.45) is 0 Å². The lowest BCUT2D eigenvalue weighted by molar-refractivity contribution is 0.0706. The lowest BCUT2D eigenvalue weighted by Gasteiger charge is -2.28. The first-order valence-electron chi connectivity index (χ1n) is 8.32. The third-order valence-corrected chi connectivity index (χ3v) is 6.58. The van der Waals surface area contributed by atoms with E-state index in [4.69, 9.17) is 13.3 Å². The average Bonchev–Trinajstić information content (AvgIpc) is 2.48. The van der Waals surface area contributed by atoms with E-state index in [1.165, 1.54) is 6.07 Å². The van der Waals surface area contributed by atoms with Crippen molar-refractivity contribution in [2.45, 2.75) is 52.5 Å². The van der Waals surface area contributed by atoms with Gasteiger partial charge in [0, 0.05) is 25.9 Å². The topological polar surface area (TPSA) is 27.7 Å². The molecule has 0 aliphatic heterocycles. The molecule has 0 aliphatic carbocycles. The van der Waals surface area contributed by atoms with Crippen LogP contribution in [-0.4, -0.2) is 28.6 Å². The summed E-state index contributed by atoms with van der Waals surface area (Å²) >= 11 is 0. The molecule has 0 saturated heterocycles. The zero-order valence-corrected chi connectivity index (χ0v) is 15.1. The van der Waals surface area contributed by atoms with E-state index in [0.717, 1.165) is 37.3 Å². The molecule has 0 fully saturated rings. The molecule has 0 bridgehead atoms. The van der Waals surface area contributed by atoms with Gasteiger partial charge in [-0.3, -0.25) is 0 Å². The smallest absolute Gasteiger partial charge is 0.374 e. The predicted octanol–water partition coefficient (Wildman–Crippen LogP) is 4.59. The van der Waals surface area contributed by atoms with Crippen molar-refractivity contribution in [3.63, 3.8) is 0 Å². The summed E-state index contributed by atoms with van der Waals surface area (Å²) in [7, 11) is -2.49. The highest BCUT2D eigenvalue weighted by Crippen LogP contribution is 2.20. The van der Waals surface area contributed by atoms with E-state index >= 15 is 0 Å². The molecule has 1 aromatic carbocycles. The van der Waals surface area contributed by atoms with Gasteiger partial charge in [0.25, 0.3) is 0 Å². The summed E-state index contributed by atoms with van der Waals surface area (Å²) < 4.78 is 30.6. The summed E-state index contributed by atoms with van der Waals surface area (Å²) in [5, 5.41) is 0. The zero-order valence-electron chi connectivity index (χ0n) is 14.1. The third kappa shape index (κ3) is 7.00. The van der Waals surface area contributed by atoms with Gasteiger partial charge >= 0.3 is 8.80 Å². The summed E-state index contributed by atoms with van der Waals surface area (Å²) in [6, 6.07) is 7.69. The van der Waals surface area contributed by atoms with Crippen LogP contribution in [0.5, 0.6) is 0 Å². The van der Waals surface area contributed by atoms with Crippen molar-refractivity contribution in [2.75, 3.05) is 19.8 Å². The Hall–Kier alpha value is -0.753. The van der Waals surface area contributed by atoms with Crippen molar-refractivity contribution in [3.8, 4) is 0 Å². The van der Waals surface area contributed by atoms with E-state index < -0.39 is 8.80 Å². The molecule has 0 radical (unpaired) electrons. The van der Waals surface area contributed by atoms with E-state index in [-0.39, 0.29) is 5.82 Å². The number of hydrogen-bond donors (Lipinski definition) is 0. The third-order valence-electron chi connectivity index (χ3n) is 3.43. The first kappa shape index (κ1) is 19.3. The molecule has 0 amide bonds.